The second-order valence-corrected chi connectivity index (χ2v) is 11.9. The number of nitrogens with zero attached hydrogens (tertiary/aromatic N) is 2. The summed E-state index contributed by atoms with van der Waals surface area (Å²) in [4.78, 5) is 77.6. The zero-order valence-electron chi connectivity index (χ0n) is 25.2. The zero-order valence-corrected chi connectivity index (χ0v) is 26.8. The Morgan fingerprint density at radius 3 is 2.65 bits per heavy atom. The van der Waals surface area contributed by atoms with E-state index in [1.807, 2.05) is 12.3 Å². The number of thioether (sulfide) groups is 1. The number of hydrogen-bond acceptors (Lipinski definition) is 8. The molecule has 0 aromatic heterocycles. The minimum Gasteiger partial charge on any atom is -0.445 e. The minimum absolute atomic E-state index is 0.00849. The molecular formula is C31H35ClN6O7S. The van der Waals surface area contributed by atoms with Gasteiger partial charge in [0, 0.05) is 35.8 Å². The van der Waals surface area contributed by atoms with Gasteiger partial charge in [-0.05, 0) is 59.7 Å². The summed E-state index contributed by atoms with van der Waals surface area (Å²) in [6.45, 7) is 2.91. The number of imide groups is 1. The Labute approximate surface area is 275 Å². The van der Waals surface area contributed by atoms with Crippen molar-refractivity contribution in [3.8, 4) is 0 Å². The number of urea groups is 1. The SMILES string of the molecule is C=CCOC(=O)NCC(=O)NCN1C(=O)CCC(N2Cc3cc(CNC(=O)Nc4ccc(CCSC)c(Cl)c4)ccc3C2=O)C1=O. The van der Waals surface area contributed by atoms with Crippen LogP contribution >= 0.6 is 23.4 Å². The first-order chi connectivity index (χ1) is 22.1. The van der Waals surface area contributed by atoms with Gasteiger partial charge in [-0.15, -0.1) is 0 Å². The fourth-order valence-electron chi connectivity index (χ4n) is 5.00. The van der Waals surface area contributed by atoms with Crippen molar-refractivity contribution in [2.24, 2.45) is 0 Å². The van der Waals surface area contributed by atoms with E-state index in [4.69, 9.17) is 16.3 Å². The highest BCUT2D eigenvalue weighted by Gasteiger charge is 2.42. The van der Waals surface area contributed by atoms with Crippen molar-refractivity contribution in [3.63, 3.8) is 0 Å². The molecule has 2 aliphatic rings. The molecule has 0 saturated carbocycles. The van der Waals surface area contributed by atoms with Crippen LogP contribution in [0, 0.1) is 0 Å². The third-order valence-corrected chi connectivity index (χ3v) is 8.33. The first-order valence-electron chi connectivity index (χ1n) is 14.5. The first kappa shape index (κ1) is 34.3. The second-order valence-electron chi connectivity index (χ2n) is 10.5. The van der Waals surface area contributed by atoms with Crippen molar-refractivity contribution in [3.05, 3.63) is 76.3 Å². The average molecular weight is 671 g/mol. The summed E-state index contributed by atoms with van der Waals surface area (Å²) in [5.41, 5.74) is 3.46. The fraction of sp³-hybridized carbons (Fsp3) is 0.355. The number of aryl methyl sites for hydroxylation is 1. The standard InChI is InChI=1S/C31H35ClN6O7S/c1-3-11-45-31(44)34-16-26(39)35-18-38-27(40)9-8-25(29(38)42)37-17-21-13-19(4-7-23(21)28(37)41)15-33-30(43)36-22-6-5-20(10-12-46-2)24(32)14-22/h3-7,13-14,25H,1,8-12,15-18H2,2H3,(H,34,44)(H,35,39)(H2,33,36,43). The highest BCUT2D eigenvalue weighted by molar-refractivity contribution is 7.98. The Kier molecular flexibility index (Phi) is 12.0. The molecule has 46 heavy (non-hydrogen) atoms. The second kappa shape index (κ2) is 16.1. The fourth-order valence-corrected chi connectivity index (χ4v) is 5.70. The van der Waals surface area contributed by atoms with Gasteiger partial charge in [0.2, 0.25) is 11.8 Å². The minimum atomic E-state index is -0.896. The lowest BCUT2D eigenvalue weighted by atomic mass is 10.0. The predicted octanol–water partition coefficient (Wildman–Crippen LogP) is 3.03. The Balaban J connectivity index is 1.30. The summed E-state index contributed by atoms with van der Waals surface area (Å²) in [7, 11) is 0. The topological polar surface area (TPSA) is 166 Å². The largest absolute Gasteiger partial charge is 0.445 e. The van der Waals surface area contributed by atoms with Crippen molar-refractivity contribution in [1.29, 1.82) is 0 Å². The number of ether oxygens (including phenoxy) is 1. The Bertz CT molecular complexity index is 1540. The molecule has 244 valence electrons. The number of benzene rings is 2. The van der Waals surface area contributed by atoms with E-state index in [2.05, 4.69) is 27.8 Å². The van der Waals surface area contributed by atoms with Gasteiger partial charge in [0.1, 0.15) is 25.9 Å². The quantitative estimate of drug-likeness (QED) is 0.186. The van der Waals surface area contributed by atoms with Crippen LogP contribution in [-0.4, -0.2) is 83.4 Å². The molecule has 15 heteroatoms. The van der Waals surface area contributed by atoms with Crippen LogP contribution in [-0.2, 0) is 38.6 Å². The van der Waals surface area contributed by atoms with Gasteiger partial charge in [0.15, 0.2) is 0 Å². The molecule has 2 aromatic carbocycles. The van der Waals surface area contributed by atoms with Crippen molar-refractivity contribution >= 4 is 64.8 Å². The van der Waals surface area contributed by atoms with E-state index in [0.717, 1.165) is 28.2 Å². The summed E-state index contributed by atoms with van der Waals surface area (Å²) in [5.74, 6) is -1.12. The van der Waals surface area contributed by atoms with Crippen LogP contribution in [0.4, 0.5) is 15.3 Å². The Morgan fingerprint density at radius 2 is 1.91 bits per heavy atom. The third-order valence-electron chi connectivity index (χ3n) is 7.36. The van der Waals surface area contributed by atoms with E-state index in [9.17, 15) is 28.8 Å². The number of carbonyl (C=O) groups is 6. The Hall–Kier alpha value is -4.56. The molecule has 1 saturated heterocycles. The van der Waals surface area contributed by atoms with E-state index in [0.29, 0.717) is 21.8 Å². The average Bonchev–Trinajstić information content (AvgIpc) is 3.36. The summed E-state index contributed by atoms with van der Waals surface area (Å²) >= 11 is 8.08. The number of amides is 7. The van der Waals surface area contributed by atoms with Gasteiger partial charge < -0.3 is 30.9 Å². The van der Waals surface area contributed by atoms with Gasteiger partial charge in [-0.1, -0.05) is 42.5 Å². The number of nitrogens with one attached hydrogen (secondary N) is 4. The van der Waals surface area contributed by atoms with Gasteiger partial charge in [-0.2, -0.15) is 11.8 Å². The summed E-state index contributed by atoms with van der Waals surface area (Å²) in [6, 6.07) is 9.28. The van der Waals surface area contributed by atoms with Crippen molar-refractivity contribution in [2.45, 2.75) is 38.4 Å². The summed E-state index contributed by atoms with van der Waals surface area (Å²) < 4.78 is 4.72. The number of likely N-dealkylation sites (tertiary alicyclic amines) is 1. The maximum Gasteiger partial charge on any atom is 0.407 e. The number of anilines is 1. The maximum absolute atomic E-state index is 13.3. The lowest BCUT2D eigenvalue weighted by molar-refractivity contribution is -0.152. The predicted molar refractivity (Wildman–Crippen MR) is 173 cm³/mol. The normalized spacial score (nSPS) is 15.7. The van der Waals surface area contributed by atoms with Gasteiger partial charge in [0.05, 0.1) is 0 Å². The van der Waals surface area contributed by atoms with Crippen LogP contribution in [0.15, 0.2) is 49.1 Å². The molecule has 0 spiro atoms. The number of carbonyl (C=O) groups excluding carboxylic acids is 6. The van der Waals surface area contributed by atoms with Crippen LogP contribution in [0.5, 0.6) is 0 Å². The maximum atomic E-state index is 13.3. The molecule has 2 heterocycles. The van der Waals surface area contributed by atoms with Gasteiger partial charge >= 0.3 is 12.1 Å². The first-order valence-corrected chi connectivity index (χ1v) is 16.3. The molecule has 2 aliphatic heterocycles. The smallest absolute Gasteiger partial charge is 0.407 e. The number of halogens is 1. The molecule has 0 bridgehead atoms. The Morgan fingerprint density at radius 1 is 1.11 bits per heavy atom. The number of fused-ring (bicyclic) bond motifs is 1. The molecule has 1 atom stereocenters. The molecule has 4 N–H and O–H groups in total. The zero-order chi connectivity index (χ0) is 33.2. The number of rotatable bonds is 13. The molecule has 1 unspecified atom stereocenters. The molecule has 13 nitrogen and oxygen atoms in total. The van der Waals surface area contributed by atoms with Gasteiger partial charge in [-0.3, -0.25) is 24.1 Å². The van der Waals surface area contributed by atoms with Crippen LogP contribution < -0.4 is 21.3 Å². The van der Waals surface area contributed by atoms with E-state index in [1.54, 1.807) is 42.1 Å². The van der Waals surface area contributed by atoms with Crippen molar-refractivity contribution < 1.29 is 33.5 Å². The number of hydrogen-bond donors (Lipinski definition) is 4. The van der Waals surface area contributed by atoms with Crippen LogP contribution in [0.1, 0.15) is 39.9 Å². The lowest BCUT2D eigenvalue weighted by Crippen LogP contribution is -2.57. The van der Waals surface area contributed by atoms with Gasteiger partial charge in [-0.25, -0.2) is 9.59 Å². The van der Waals surface area contributed by atoms with Crippen molar-refractivity contribution in [2.75, 3.05) is 37.1 Å². The molecule has 1 fully saturated rings. The summed E-state index contributed by atoms with van der Waals surface area (Å²) in [6.07, 6.45) is 3.58. The van der Waals surface area contributed by atoms with Crippen LogP contribution in [0.2, 0.25) is 5.02 Å². The van der Waals surface area contributed by atoms with Crippen LogP contribution in [0.3, 0.4) is 0 Å². The van der Waals surface area contributed by atoms with Crippen LogP contribution in [0.25, 0.3) is 0 Å². The molecule has 0 radical (unpaired) electrons. The lowest BCUT2D eigenvalue weighted by Gasteiger charge is -2.35. The molecular weight excluding hydrogens is 636 g/mol. The van der Waals surface area contributed by atoms with E-state index in [-0.39, 0.29) is 38.4 Å². The van der Waals surface area contributed by atoms with Crippen molar-refractivity contribution in [1.82, 2.24) is 25.8 Å². The number of piperidine rings is 1. The molecule has 4 rings (SSSR count). The highest BCUT2D eigenvalue weighted by Crippen LogP contribution is 2.30. The van der Waals surface area contributed by atoms with Gasteiger partial charge in [0.25, 0.3) is 11.8 Å². The molecule has 2 aromatic rings. The summed E-state index contributed by atoms with van der Waals surface area (Å²) in [5, 5.41) is 10.8. The molecule has 7 amide bonds. The monoisotopic (exact) mass is 670 g/mol. The molecule has 0 aliphatic carbocycles. The third kappa shape index (κ3) is 8.79. The van der Waals surface area contributed by atoms with E-state index >= 15 is 0 Å². The van der Waals surface area contributed by atoms with E-state index in [1.165, 1.54) is 11.0 Å². The number of alkyl carbamates (subject to hydrolysis) is 1. The van der Waals surface area contributed by atoms with E-state index < -0.39 is 49.1 Å². The highest BCUT2D eigenvalue weighted by atomic mass is 35.5.